The largest absolute Gasteiger partial charge is 0.481 e. The van der Waals surface area contributed by atoms with Crippen LogP contribution in [0.3, 0.4) is 0 Å². The zero-order chi connectivity index (χ0) is 15.2. The molecule has 0 saturated heterocycles. The highest BCUT2D eigenvalue weighted by Crippen LogP contribution is 2.23. The van der Waals surface area contributed by atoms with Gasteiger partial charge in [0.2, 0.25) is 5.88 Å². The Labute approximate surface area is 131 Å². The number of rotatable bonds is 6. The van der Waals surface area contributed by atoms with Gasteiger partial charge in [-0.1, -0.05) is 13.0 Å². The summed E-state index contributed by atoms with van der Waals surface area (Å²) in [6.07, 6.45) is 2.10. The molecule has 0 fully saturated rings. The van der Waals surface area contributed by atoms with Crippen molar-refractivity contribution in [2.75, 3.05) is 13.7 Å². The normalized spacial score (nSPS) is 12.2. The van der Waals surface area contributed by atoms with Crippen molar-refractivity contribution in [3.63, 3.8) is 0 Å². The number of likely N-dealkylation sites (N-methyl/N-ethyl adjacent to an activating group) is 1. The molecule has 0 bridgehead atoms. The Balaban J connectivity index is 2.23. The predicted octanol–water partition coefficient (Wildman–Crippen LogP) is 3.28. The molecule has 0 saturated carbocycles. The first-order valence-electron chi connectivity index (χ1n) is 6.67. The monoisotopic (exact) mass is 353 g/mol. The molecule has 2 aromatic rings. The first-order chi connectivity index (χ1) is 10.1. The van der Waals surface area contributed by atoms with Crippen LogP contribution in [-0.4, -0.2) is 23.6 Å². The second kappa shape index (κ2) is 7.47. The Morgan fingerprint density at radius 1 is 1.33 bits per heavy atom. The van der Waals surface area contributed by atoms with E-state index in [2.05, 4.69) is 31.2 Å². The Bertz CT molecular complexity index is 609. The zero-order valence-electron chi connectivity index (χ0n) is 11.9. The van der Waals surface area contributed by atoms with Gasteiger partial charge in [0.05, 0.1) is 11.6 Å². The minimum Gasteiger partial charge on any atom is -0.481 e. The summed E-state index contributed by atoms with van der Waals surface area (Å²) in [7, 11) is 1.57. The first-order valence-corrected chi connectivity index (χ1v) is 7.46. The molecule has 1 heterocycles. The third-order valence-corrected chi connectivity index (χ3v) is 3.76. The van der Waals surface area contributed by atoms with Gasteiger partial charge in [0, 0.05) is 24.2 Å². The quantitative estimate of drug-likeness (QED) is 0.865. The summed E-state index contributed by atoms with van der Waals surface area (Å²) in [4.78, 5) is 8.23. The third-order valence-electron chi connectivity index (χ3n) is 3.12. The summed E-state index contributed by atoms with van der Waals surface area (Å²) in [6, 6.07) is 6.93. The molecule has 1 aromatic heterocycles. The summed E-state index contributed by atoms with van der Waals surface area (Å²) in [6.45, 7) is 2.80. The van der Waals surface area contributed by atoms with Gasteiger partial charge in [-0.3, -0.25) is 0 Å². The van der Waals surface area contributed by atoms with Crippen molar-refractivity contribution < 1.29 is 9.13 Å². The molecule has 2 rings (SSSR count). The molecule has 0 amide bonds. The van der Waals surface area contributed by atoms with Crippen molar-refractivity contribution in [1.29, 1.82) is 0 Å². The molecule has 1 N–H and O–H groups in total. The van der Waals surface area contributed by atoms with Gasteiger partial charge in [-0.2, -0.15) is 0 Å². The minimum atomic E-state index is -0.268. The van der Waals surface area contributed by atoms with Crippen LogP contribution in [0, 0.1) is 5.82 Å². The number of methoxy groups -OCH3 is 1. The summed E-state index contributed by atoms with van der Waals surface area (Å²) in [5.74, 6) is 0.257. The van der Waals surface area contributed by atoms with Gasteiger partial charge in [0.25, 0.3) is 0 Å². The smallest absolute Gasteiger partial charge is 0.216 e. The van der Waals surface area contributed by atoms with Crippen molar-refractivity contribution in [3.05, 3.63) is 52.1 Å². The van der Waals surface area contributed by atoms with Gasteiger partial charge in [-0.25, -0.2) is 14.4 Å². The SMILES string of the molecule is CCNC(Cc1cc(OC)ncn1)c1ccc(Br)c(F)c1. The molecule has 1 unspecified atom stereocenters. The second-order valence-corrected chi connectivity index (χ2v) is 5.39. The van der Waals surface area contributed by atoms with Crippen LogP contribution >= 0.6 is 15.9 Å². The predicted molar refractivity (Wildman–Crippen MR) is 82.8 cm³/mol. The fourth-order valence-electron chi connectivity index (χ4n) is 2.09. The summed E-state index contributed by atoms with van der Waals surface area (Å²) in [5, 5.41) is 3.35. The summed E-state index contributed by atoms with van der Waals surface area (Å²) < 4.78 is 19.3. The van der Waals surface area contributed by atoms with Crippen LogP contribution in [0.4, 0.5) is 4.39 Å². The average molecular weight is 354 g/mol. The first kappa shape index (κ1) is 15.9. The number of nitrogens with zero attached hydrogens (tertiary/aromatic N) is 2. The number of nitrogens with one attached hydrogen (secondary N) is 1. The lowest BCUT2D eigenvalue weighted by Gasteiger charge is -2.18. The minimum absolute atomic E-state index is 0.0165. The molecule has 0 radical (unpaired) electrons. The van der Waals surface area contributed by atoms with Gasteiger partial charge >= 0.3 is 0 Å². The Morgan fingerprint density at radius 2 is 2.14 bits per heavy atom. The van der Waals surface area contributed by atoms with E-state index >= 15 is 0 Å². The van der Waals surface area contributed by atoms with E-state index in [1.807, 2.05) is 13.0 Å². The maximum absolute atomic E-state index is 13.7. The summed E-state index contributed by atoms with van der Waals surface area (Å²) in [5.41, 5.74) is 1.73. The van der Waals surface area contributed by atoms with Crippen LogP contribution in [0.25, 0.3) is 0 Å². The maximum atomic E-state index is 13.7. The Kier molecular flexibility index (Phi) is 5.64. The van der Waals surface area contributed by atoms with E-state index in [1.54, 1.807) is 19.2 Å². The van der Waals surface area contributed by atoms with Gasteiger partial charge in [-0.05, 0) is 40.2 Å². The molecule has 21 heavy (non-hydrogen) atoms. The molecule has 112 valence electrons. The molecule has 0 spiro atoms. The van der Waals surface area contributed by atoms with Crippen LogP contribution in [-0.2, 0) is 6.42 Å². The highest BCUT2D eigenvalue weighted by Gasteiger charge is 2.14. The molecule has 4 nitrogen and oxygen atoms in total. The van der Waals surface area contributed by atoms with Crippen LogP contribution in [0.1, 0.15) is 24.2 Å². The molecule has 0 aliphatic heterocycles. The van der Waals surface area contributed by atoms with Crippen molar-refractivity contribution in [1.82, 2.24) is 15.3 Å². The number of aromatic nitrogens is 2. The molecule has 1 atom stereocenters. The number of hydrogen-bond donors (Lipinski definition) is 1. The Hall–Kier alpha value is -1.53. The lowest BCUT2D eigenvalue weighted by Crippen LogP contribution is -2.23. The van der Waals surface area contributed by atoms with E-state index in [0.29, 0.717) is 16.8 Å². The van der Waals surface area contributed by atoms with E-state index < -0.39 is 0 Å². The summed E-state index contributed by atoms with van der Waals surface area (Å²) >= 11 is 3.17. The topological polar surface area (TPSA) is 47.0 Å². The van der Waals surface area contributed by atoms with Crippen LogP contribution < -0.4 is 10.1 Å². The highest BCUT2D eigenvalue weighted by molar-refractivity contribution is 9.10. The second-order valence-electron chi connectivity index (χ2n) is 4.54. The number of ether oxygens (including phenoxy) is 1. The van der Waals surface area contributed by atoms with E-state index in [1.165, 1.54) is 12.4 Å². The number of hydrogen-bond acceptors (Lipinski definition) is 4. The van der Waals surface area contributed by atoms with Crippen LogP contribution in [0.2, 0.25) is 0 Å². The van der Waals surface area contributed by atoms with E-state index in [9.17, 15) is 4.39 Å². The lowest BCUT2D eigenvalue weighted by atomic mass is 10.0. The van der Waals surface area contributed by atoms with Crippen molar-refractivity contribution in [2.24, 2.45) is 0 Å². The van der Waals surface area contributed by atoms with E-state index in [4.69, 9.17) is 4.74 Å². The van der Waals surface area contributed by atoms with Gasteiger partial charge in [0.1, 0.15) is 12.1 Å². The van der Waals surface area contributed by atoms with E-state index in [0.717, 1.165) is 17.8 Å². The molecule has 1 aromatic carbocycles. The van der Waals surface area contributed by atoms with Crippen LogP contribution in [0.5, 0.6) is 5.88 Å². The molecular weight excluding hydrogens is 337 g/mol. The highest BCUT2D eigenvalue weighted by atomic mass is 79.9. The van der Waals surface area contributed by atoms with Gasteiger partial charge in [0.15, 0.2) is 0 Å². The standard InChI is InChI=1S/C15H17BrFN3O/c1-3-18-14(10-4-5-12(16)13(17)6-10)7-11-8-15(21-2)20-9-19-11/h4-6,8-9,14,18H,3,7H2,1-2H3. The molecule has 6 heteroatoms. The molecule has 0 aliphatic rings. The average Bonchev–Trinajstić information content (AvgIpc) is 2.50. The van der Waals surface area contributed by atoms with E-state index in [-0.39, 0.29) is 11.9 Å². The lowest BCUT2D eigenvalue weighted by molar-refractivity contribution is 0.395. The molecule has 0 aliphatic carbocycles. The molecular formula is C15H17BrFN3O. The Morgan fingerprint density at radius 3 is 2.81 bits per heavy atom. The third kappa shape index (κ3) is 4.22. The van der Waals surface area contributed by atoms with Gasteiger partial charge < -0.3 is 10.1 Å². The van der Waals surface area contributed by atoms with Crippen molar-refractivity contribution in [2.45, 2.75) is 19.4 Å². The van der Waals surface area contributed by atoms with Crippen molar-refractivity contribution in [3.8, 4) is 5.88 Å². The zero-order valence-corrected chi connectivity index (χ0v) is 13.5. The fourth-order valence-corrected chi connectivity index (χ4v) is 2.34. The number of benzene rings is 1. The van der Waals surface area contributed by atoms with Gasteiger partial charge in [-0.15, -0.1) is 0 Å². The van der Waals surface area contributed by atoms with Crippen LogP contribution in [0.15, 0.2) is 35.1 Å². The van der Waals surface area contributed by atoms with Crippen molar-refractivity contribution >= 4 is 15.9 Å². The fraction of sp³-hybridized carbons (Fsp3) is 0.333. The number of halogens is 2. The maximum Gasteiger partial charge on any atom is 0.216 e.